The number of methoxy groups -OCH3 is 5. The Morgan fingerprint density at radius 1 is 0.800 bits per heavy atom. The van der Waals surface area contributed by atoms with Crippen LogP contribution in [0.3, 0.4) is 0 Å². The smallest absolute Gasteiger partial charge is 0.203 e. The number of rotatable bonds is 5. The summed E-state index contributed by atoms with van der Waals surface area (Å²) in [6, 6.07) is 3.66. The molecule has 0 bridgehead atoms. The SMILES string of the molecule is COc1cc2c(c(O)c1OC)-c1c(cc(OC)c(OC)c1OC)C[C@](C)(O)[C@H](C)C2. The molecule has 0 amide bonds. The van der Waals surface area contributed by atoms with Gasteiger partial charge in [-0.2, -0.15) is 0 Å². The Morgan fingerprint density at radius 2 is 1.33 bits per heavy atom. The second kappa shape index (κ2) is 8.14. The average molecular weight is 418 g/mol. The fourth-order valence-electron chi connectivity index (χ4n) is 4.20. The van der Waals surface area contributed by atoms with E-state index in [4.69, 9.17) is 23.7 Å². The number of aliphatic hydroxyl groups is 1. The van der Waals surface area contributed by atoms with E-state index < -0.39 is 5.60 Å². The van der Waals surface area contributed by atoms with Crippen molar-refractivity contribution in [2.24, 2.45) is 5.92 Å². The molecule has 0 heterocycles. The van der Waals surface area contributed by atoms with Crippen LogP contribution in [-0.2, 0) is 12.8 Å². The molecule has 0 saturated heterocycles. The first-order valence-electron chi connectivity index (χ1n) is 9.75. The number of hydrogen-bond donors (Lipinski definition) is 2. The van der Waals surface area contributed by atoms with Crippen molar-refractivity contribution in [1.29, 1.82) is 0 Å². The highest BCUT2D eigenvalue weighted by atomic mass is 16.5. The number of phenols is 1. The van der Waals surface area contributed by atoms with Crippen LogP contribution in [0.15, 0.2) is 12.1 Å². The van der Waals surface area contributed by atoms with Gasteiger partial charge in [0.05, 0.1) is 41.2 Å². The molecule has 2 N–H and O–H groups in total. The van der Waals surface area contributed by atoms with Crippen LogP contribution in [-0.4, -0.2) is 51.4 Å². The quantitative estimate of drug-likeness (QED) is 0.767. The van der Waals surface area contributed by atoms with Gasteiger partial charge in [-0.1, -0.05) is 6.92 Å². The van der Waals surface area contributed by atoms with Crippen LogP contribution >= 0.6 is 0 Å². The summed E-state index contributed by atoms with van der Waals surface area (Å²) in [6.45, 7) is 3.80. The van der Waals surface area contributed by atoms with Crippen LogP contribution in [0.2, 0.25) is 0 Å². The van der Waals surface area contributed by atoms with E-state index in [1.165, 1.54) is 28.4 Å². The summed E-state index contributed by atoms with van der Waals surface area (Å²) in [7, 11) is 7.62. The van der Waals surface area contributed by atoms with Gasteiger partial charge in [-0.05, 0) is 42.5 Å². The standard InChI is InChI=1S/C23H30O7/c1-12-8-13-9-15(26-3)20(28-5)19(24)17(13)18-14(11-23(12,2)25)10-16(27-4)21(29-6)22(18)30-7/h9-10,12,24-25H,8,11H2,1-7H3/t12-,23+/m1/s1. The largest absolute Gasteiger partial charge is 0.504 e. The Morgan fingerprint density at radius 3 is 1.87 bits per heavy atom. The maximum atomic E-state index is 11.2. The monoisotopic (exact) mass is 418 g/mol. The number of hydrogen-bond acceptors (Lipinski definition) is 7. The molecule has 1 aliphatic carbocycles. The van der Waals surface area contributed by atoms with Crippen molar-refractivity contribution in [2.45, 2.75) is 32.3 Å². The molecule has 0 radical (unpaired) electrons. The Bertz CT molecular complexity index is 950. The summed E-state index contributed by atoms with van der Waals surface area (Å²) in [5.74, 6) is 1.82. The summed E-state index contributed by atoms with van der Waals surface area (Å²) < 4.78 is 27.7. The fraction of sp³-hybridized carbons (Fsp3) is 0.478. The van der Waals surface area contributed by atoms with E-state index in [1.807, 2.05) is 26.0 Å². The predicted octanol–water partition coefficient (Wildman–Crippen LogP) is 3.59. The molecule has 1 aliphatic rings. The molecule has 30 heavy (non-hydrogen) atoms. The van der Waals surface area contributed by atoms with Crippen molar-refractivity contribution < 1.29 is 33.9 Å². The molecule has 2 atom stereocenters. The van der Waals surface area contributed by atoms with E-state index in [9.17, 15) is 10.2 Å². The normalized spacial score (nSPS) is 20.3. The lowest BCUT2D eigenvalue weighted by Gasteiger charge is -2.35. The van der Waals surface area contributed by atoms with Gasteiger partial charge in [0.15, 0.2) is 23.0 Å². The summed E-state index contributed by atoms with van der Waals surface area (Å²) in [4.78, 5) is 0. The maximum Gasteiger partial charge on any atom is 0.203 e. The van der Waals surface area contributed by atoms with Crippen LogP contribution in [0, 0.1) is 5.92 Å². The van der Waals surface area contributed by atoms with E-state index in [2.05, 4.69) is 0 Å². The number of aromatic hydroxyl groups is 1. The third-order valence-electron chi connectivity index (χ3n) is 6.02. The minimum absolute atomic E-state index is 0.0487. The van der Waals surface area contributed by atoms with E-state index in [1.54, 1.807) is 7.11 Å². The Balaban J connectivity index is 2.51. The van der Waals surface area contributed by atoms with Gasteiger partial charge in [-0.3, -0.25) is 0 Å². The average Bonchev–Trinajstić information content (AvgIpc) is 2.72. The molecule has 164 valence electrons. The first-order valence-corrected chi connectivity index (χ1v) is 9.75. The minimum atomic E-state index is -1.00. The summed E-state index contributed by atoms with van der Waals surface area (Å²) in [6.07, 6.45) is 0.862. The molecule has 0 saturated carbocycles. The second-order valence-corrected chi connectivity index (χ2v) is 7.81. The first-order chi connectivity index (χ1) is 14.2. The van der Waals surface area contributed by atoms with Gasteiger partial charge >= 0.3 is 0 Å². The molecule has 2 aromatic carbocycles. The van der Waals surface area contributed by atoms with Crippen LogP contribution in [0.4, 0.5) is 0 Å². The lowest BCUT2D eigenvalue weighted by molar-refractivity contribution is 0.00628. The zero-order chi connectivity index (χ0) is 22.2. The van der Waals surface area contributed by atoms with E-state index >= 15 is 0 Å². The molecule has 7 heteroatoms. The highest BCUT2D eigenvalue weighted by Gasteiger charge is 2.37. The highest BCUT2D eigenvalue weighted by molar-refractivity contribution is 5.88. The van der Waals surface area contributed by atoms with Gasteiger partial charge < -0.3 is 33.9 Å². The van der Waals surface area contributed by atoms with Gasteiger partial charge in [0.2, 0.25) is 11.5 Å². The van der Waals surface area contributed by atoms with E-state index in [0.29, 0.717) is 47.0 Å². The van der Waals surface area contributed by atoms with E-state index in [0.717, 1.165) is 11.1 Å². The molecule has 0 unspecified atom stereocenters. The summed E-state index contributed by atoms with van der Waals surface area (Å²) in [5, 5.41) is 22.5. The molecule has 0 aromatic heterocycles. The number of ether oxygens (including phenoxy) is 5. The highest BCUT2D eigenvalue weighted by Crippen LogP contribution is 2.55. The van der Waals surface area contributed by atoms with Gasteiger partial charge in [0.25, 0.3) is 0 Å². The van der Waals surface area contributed by atoms with Crippen molar-refractivity contribution in [2.75, 3.05) is 35.5 Å². The van der Waals surface area contributed by atoms with Gasteiger partial charge in [0, 0.05) is 17.5 Å². The van der Waals surface area contributed by atoms with Crippen molar-refractivity contribution in [3.8, 4) is 45.6 Å². The molecular formula is C23H30O7. The lowest BCUT2D eigenvalue weighted by Crippen LogP contribution is -2.37. The Labute approximate surface area is 177 Å². The minimum Gasteiger partial charge on any atom is -0.504 e. The molecule has 7 nitrogen and oxygen atoms in total. The first kappa shape index (κ1) is 21.9. The second-order valence-electron chi connectivity index (χ2n) is 7.81. The lowest BCUT2D eigenvalue weighted by atomic mass is 9.75. The molecule has 0 aliphatic heterocycles. The fourth-order valence-corrected chi connectivity index (χ4v) is 4.20. The van der Waals surface area contributed by atoms with Crippen molar-refractivity contribution in [1.82, 2.24) is 0 Å². The molecular weight excluding hydrogens is 388 g/mol. The van der Waals surface area contributed by atoms with Crippen LogP contribution in [0.25, 0.3) is 11.1 Å². The van der Waals surface area contributed by atoms with Gasteiger partial charge in [-0.25, -0.2) is 0 Å². The predicted molar refractivity (Wildman–Crippen MR) is 113 cm³/mol. The van der Waals surface area contributed by atoms with Crippen molar-refractivity contribution >= 4 is 0 Å². The Kier molecular flexibility index (Phi) is 5.94. The third kappa shape index (κ3) is 3.37. The number of benzene rings is 2. The topological polar surface area (TPSA) is 86.6 Å². The maximum absolute atomic E-state index is 11.2. The van der Waals surface area contributed by atoms with Gasteiger partial charge in [-0.15, -0.1) is 0 Å². The zero-order valence-electron chi connectivity index (χ0n) is 18.6. The molecule has 0 fully saturated rings. The zero-order valence-corrected chi connectivity index (χ0v) is 18.6. The molecule has 2 aromatic rings. The van der Waals surface area contributed by atoms with Crippen LogP contribution in [0.5, 0.6) is 34.5 Å². The Hall–Kier alpha value is -2.80. The molecule has 3 rings (SSSR count). The molecule has 0 spiro atoms. The summed E-state index contributed by atoms with van der Waals surface area (Å²) in [5.41, 5.74) is 1.78. The third-order valence-corrected chi connectivity index (χ3v) is 6.02. The number of phenolic OH excluding ortho intramolecular Hbond substituents is 1. The van der Waals surface area contributed by atoms with Crippen molar-refractivity contribution in [3.63, 3.8) is 0 Å². The van der Waals surface area contributed by atoms with Crippen LogP contribution in [0.1, 0.15) is 25.0 Å². The van der Waals surface area contributed by atoms with Gasteiger partial charge in [0.1, 0.15) is 0 Å². The van der Waals surface area contributed by atoms with Crippen LogP contribution < -0.4 is 23.7 Å². The van der Waals surface area contributed by atoms with Crippen molar-refractivity contribution in [3.05, 3.63) is 23.3 Å². The summed E-state index contributed by atoms with van der Waals surface area (Å²) >= 11 is 0. The number of fused-ring (bicyclic) bond motifs is 3. The van der Waals surface area contributed by atoms with E-state index in [-0.39, 0.29) is 17.4 Å².